The third-order valence-corrected chi connectivity index (χ3v) is 3.79. The fourth-order valence-corrected chi connectivity index (χ4v) is 2.34. The van der Waals surface area contributed by atoms with Gasteiger partial charge in [-0.15, -0.1) is 0 Å². The summed E-state index contributed by atoms with van der Waals surface area (Å²) in [7, 11) is 1.68. The number of rotatable bonds is 7. The second kappa shape index (κ2) is 9.11. The third-order valence-electron chi connectivity index (χ3n) is 3.79. The maximum atomic E-state index is 5.44. The van der Waals surface area contributed by atoms with Gasteiger partial charge in [-0.05, 0) is 31.4 Å². The topological polar surface area (TPSA) is 71.7 Å². The van der Waals surface area contributed by atoms with Crippen LogP contribution < -0.4 is 15.4 Å². The van der Waals surface area contributed by atoms with Crippen molar-refractivity contribution in [2.24, 2.45) is 4.99 Å². The summed E-state index contributed by atoms with van der Waals surface area (Å²) in [5.74, 6) is 2.74. The van der Waals surface area contributed by atoms with E-state index in [4.69, 9.17) is 9.26 Å². The first-order chi connectivity index (χ1) is 12.0. The number of hydrogen-bond acceptors (Lipinski definition) is 4. The van der Waals surface area contributed by atoms with E-state index in [0.717, 1.165) is 35.3 Å². The van der Waals surface area contributed by atoms with E-state index < -0.39 is 0 Å². The summed E-state index contributed by atoms with van der Waals surface area (Å²) >= 11 is 0. The summed E-state index contributed by atoms with van der Waals surface area (Å²) in [6, 6.07) is 8.11. The predicted molar refractivity (Wildman–Crippen MR) is 100.0 cm³/mol. The summed E-state index contributed by atoms with van der Waals surface area (Å²) in [4.78, 5) is 4.63. The molecular weight excluding hydrogens is 316 g/mol. The van der Waals surface area contributed by atoms with Crippen molar-refractivity contribution < 1.29 is 9.26 Å². The Kier molecular flexibility index (Phi) is 6.86. The number of aryl methyl sites for hydroxylation is 1. The van der Waals surface area contributed by atoms with Crippen molar-refractivity contribution in [2.45, 2.75) is 46.7 Å². The highest BCUT2D eigenvalue weighted by molar-refractivity contribution is 5.79. The molecule has 0 saturated heterocycles. The first kappa shape index (κ1) is 18.8. The molecule has 0 aliphatic rings. The minimum atomic E-state index is 0.355. The molecule has 0 amide bonds. The molecule has 0 atom stereocenters. The van der Waals surface area contributed by atoms with Crippen LogP contribution in [0.15, 0.2) is 33.8 Å². The lowest BCUT2D eigenvalue weighted by Crippen LogP contribution is -2.36. The molecule has 0 spiro atoms. The van der Waals surface area contributed by atoms with Gasteiger partial charge in [-0.3, -0.25) is 0 Å². The summed E-state index contributed by atoms with van der Waals surface area (Å²) in [5, 5.41) is 10.6. The Morgan fingerprint density at radius 1 is 1.28 bits per heavy atom. The van der Waals surface area contributed by atoms with E-state index in [0.29, 0.717) is 19.0 Å². The molecular formula is C19H28N4O2. The Morgan fingerprint density at radius 3 is 2.72 bits per heavy atom. The molecule has 0 aliphatic heterocycles. The summed E-state index contributed by atoms with van der Waals surface area (Å²) in [5.41, 5.74) is 3.18. The number of guanidine groups is 1. The van der Waals surface area contributed by atoms with Crippen LogP contribution in [0, 0.1) is 6.92 Å². The van der Waals surface area contributed by atoms with Crippen LogP contribution >= 0.6 is 0 Å². The summed E-state index contributed by atoms with van der Waals surface area (Å²) in [6.07, 6.45) is 0. The van der Waals surface area contributed by atoms with Gasteiger partial charge in [0.25, 0.3) is 0 Å². The number of methoxy groups -OCH3 is 1. The first-order valence-electron chi connectivity index (χ1n) is 8.64. The lowest BCUT2D eigenvalue weighted by molar-refractivity contribution is 0.372. The van der Waals surface area contributed by atoms with Gasteiger partial charge in [0.2, 0.25) is 0 Å². The van der Waals surface area contributed by atoms with Gasteiger partial charge in [-0.1, -0.05) is 31.1 Å². The molecule has 1 aromatic heterocycles. The van der Waals surface area contributed by atoms with Crippen molar-refractivity contribution in [3.63, 3.8) is 0 Å². The highest BCUT2D eigenvalue weighted by atomic mass is 16.5. The molecule has 0 unspecified atom stereocenters. The Hall–Kier alpha value is -2.50. The molecule has 2 N–H and O–H groups in total. The van der Waals surface area contributed by atoms with Crippen molar-refractivity contribution in [2.75, 3.05) is 13.7 Å². The zero-order chi connectivity index (χ0) is 18.2. The molecule has 6 heteroatoms. The highest BCUT2D eigenvalue weighted by Crippen LogP contribution is 2.20. The molecule has 25 heavy (non-hydrogen) atoms. The number of benzene rings is 1. The van der Waals surface area contributed by atoms with E-state index in [9.17, 15) is 0 Å². The monoisotopic (exact) mass is 344 g/mol. The van der Waals surface area contributed by atoms with Crippen LogP contribution in [0.3, 0.4) is 0 Å². The Labute approximate surface area is 149 Å². The second-order valence-electron chi connectivity index (χ2n) is 6.24. The molecule has 136 valence electrons. The van der Waals surface area contributed by atoms with Crippen LogP contribution in [-0.4, -0.2) is 24.8 Å². The number of aliphatic imine (C=N–C) groups is 1. The SMILES string of the molecule is CCNC(=NCc1ccc(C)cc1OC)NCc1cc(C(C)C)no1. The van der Waals surface area contributed by atoms with Gasteiger partial charge in [0.05, 0.1) is 25.9 Å². The summed E-state index contributed by atoms with van der Waals surface area (Å²) in [6.45, 7) is 10.1. The molecule has 0 bridgehead atoms. The van der Waals surface area contributed by atoms with E-state index >= 15 is 0 Å². The van der Waals surface area contributed by atoms with Gasteiger partial charge in [0.15, 0.2) is 11.7 Å². The van der Waals surface area contributed by atoms with Crippen molar-refractivity contribution >= 4 is 5.96 Å². The van der Waals surface area contributed by atoms with Crippen molar-refractivity contribution in [1.82, 2.24) is 15.8 Å². The number of ether oxygens (including phenoxy) is 1. The standard InChI is InChI=1S/C19H28N4O2/c1-6-20-19(22-12-16-10-17(13(2)3)23-25-16)21-11-15-8-7-14(4)9-18(15)24-5/h7-10,13H,6,11-12H2,1-5H3,(H2,20,21,22). The lowest BCUT2D eigenvalue weighted by atomic mass is 10.1. The number of aromatic nitrogens is 1. The fraction of sp³-hybridized carbons (Fsp3) is 0.474. The van der Waals surface area contributed by atoms with Crippen molar-refractivity contribution in [3.05, 3.63) is 46.8 Å². The zero-order valence-corrected chi connectivity index (χ0v) is 15.7. The van der Waals surface area contributed by atoms with Crippen LogP contribution in [-0.2, 0) is 13.1 Å². The van der Waals surface area contributed by atoms with Gasteiger partial charge in [0, 0.05) is 18.2 Å². The molecule has 2 aromatic rings. The Morgan fingerprint density at radius 2 is 2.08 bits per heavy atom. The van der Waals surface area contributed by atoms with E-state index in [-0.39, 0.29) is 0 Å². The van der Waals surface area contributed by atoms with E-state index in [1.165, 1.54) is 5.56 Å². The van der Waals surface area contributed by atoms with Gasteiger partial charge >= 0.3 is 0 Å². The van der Waals surface area contributed by atoms with Gasteiger partial charge < -0.3 is 19.9 Å². The zero-order valence-electron chi connectivity index (χ0n) is 15.7. The van der Waals surface area contributed by atoms with Crippen molar-refractivity contribution in [3.8, 4) is 5.75 Å². The van der Waals surface area contributed by atoms with Gasteiger partial charge in [0.1, 0.15) is 5.75 Å². The summed E-state index contributed by atoms with van der Waals surface area (Å²) < 4.78 is 10.8. The van der Waals surface area contributed by atoms with E-state index in [1.807, 2.05) is 32.0 Å². The number of hydrogen-bond donors (Lipinski definition) is 2. The minimum Gasteiger partial charge on any atom is -0.496 e. The van der Waals surface area contributed by atoms with Gasteiger partial charge in [-0.25, -0.2) is 4.99 Å². The highest BCUT2D eigenvalue weighted by Gasteiger charge is 2.08. The fourth-order valence-electron chi connectivity index (χ4n) is 2.34. The minimum absolute atomic E-state index is 0.355. The van der Waals surface area contributed by atoms with Gasteiger partial charge in [-0.2, -0.15) is 0 Å². The Bertz CT molecular complexity index is 707. The number of nitrogens with zero attached hydrogens (tertiary/aromatic N) is 2. The molecule has 0 fully saturated rings. The smallest absolute Gasteiger partial charge is 0.191 e. The van der Waals surface area contributed by atoms with E-state index in [2.05, 4.69) is 40.7 Å². The Balaban J connectivity index is 2.02. The maximum Gasteiger partial charge on any atom is 0.191 e. The molecule has 1 aromatic carbocycles. The van der Waals surface area contributed by atoms with Crippen LogP contribution in [0.2, 0.25) is 0 Å². The van der Waals surface area contributed by atoms with Crippen molar-refractivity contribution in [1.29, 1.82) is 0 Å². The van der Waals surface area contributed by atoms with Crippen LogP contribution in [0.1, 0.15) is 49.3 Å². The molecule has 6 nitrogen and oxygen atoms in total. The van der Waals surface area contributed by atoms with Crippen LogP contribution in [0.4, 0.5) is 0 Å². The molecule has 2 rings (SSSR count). The van der Waals surface area contributed by atoms with E-state index in [1.54, 1.807) is 7.11 Å². The third kappa shape index (κ3) is 5.52. The second-order valence-corrected chi connectivity index (χ2v) is 6.24. The largest absolute Gasteiger partial charge is 0.496 e. The first-order valence-corrected chi connectivity index (χ1v) is 8.64. The average molecular weight is 344 g/mol. The maximum absolute atomic E-state index is 5.44. The molecule has 0 radical (unpaired) electrons. The molecule has 1 heterocycles. The van der Waals surface area contributed by atoms with Crippen LogP contribution in [0.5, 0.6) is 5.75 Å². The quantitative estimate of drug-likeness (QED) is 0.595. The lowest BCUT2D eigenvalue weighted by Gasteiger charge is -2.11. The predicted octanol–water partition coefficient (Wildman–Crippen LogP) is 3.37. The molecule has 0 saturated carbocycles. The molecule has 0 aliphatic carbocycles. The normalized spacial score (nSPS) is 11.7. The average Bonchev–Trinajstić information content (AvgIpc) is 3.07. The van der Waals surface area contributed by atoms with Crippen LogP contribution in [0.25, 0.3) is 0 Å². The number of nitrogens with one attached hydrogen (secondary N) is 2.